The molecule has 1 N–H and O–H groups in total. The maximum absolute atomic E-state index is 13.5. The predicted molar refractivity (Wildman–Crippen MR) is 129 cm³/mol. The normalized spacial score (nSPS) is 11.4. The lowest BCUT2D eigenvalue weighted by Gasteiger charge is -2.23. The molecule has 4 aromatic rings. The molecule has 2 aromatic heterocycles. The van der Waals surface area contributed by atoms with Crippen molar-refractivity contribution in [3.05, 3.63) is 71.6 Å². The average Bonchev–Trinajstić information content (AvgIpc) is 3.41. The summed E-state index contributed by atoms with van der Waals surface area (Å²) in [6.45, 7) is 6.19. The molecule has 0 aliphatic carbocycles. The number of para-hydroxylation sites is 2. The standard InChI is InChI=1S/C25H25FN4O2S/c1-25(2,3)30-23(16-9-11-17(26)12-10-16)19(14-27-30)24-28-18(15-33-24)13-22(31)29-20-7-5-6-8-21(20)32-4/h5-12,14-15H,13H2,1-4H3,(H,29,31). The molecule has 0 radical (unpaired) electrons. The Labute approximate surface area is 196 Å². The van der Waals surface area contributed by atoms with Gasteiger partial charge in [-0.1, -0.05) is 12.1 Å². The van der Waals surface area contributed by atoms with Gasteiger partial charge in [-0.15, -0.1) is 11.3 Å². The molecule has 0 saturated heterocycles. The van der Waals surface area contributed by atoms with Gasteiger partial charge in [-0.3, -0.25) is 9.48 Å². The van der Waals surface area contributed by atoms with Crippen molar-refractivity contribution in [2.75, 3.05) is 12.4 Å². The molecule has 33 heavy (non-hydrogen) atoms. The van der Waals surface area contributed by atoms with Crippen LogP contribution in [0.4, 0.5) is 10.1 Å². The summed E-state index contributed by atoms with van der Waals surface area (Å²) >= 11 is 1.45. The Hall–Kier alpha value is -3.52. The van der Waals surface area contributed by atoms with Crippen LogP contribution in [0.25, 0.3) is 21.8 Å². The zero-order chi connectivity index (χ0) is 23.6. The maximum Gasteiger partial charge on any atom is 0.230 e. The van der Waals surface area contributed by atoms with Crippen LogP contribution >= 0.6 is 11.3 Å². The number of aromatic nitrogens is 3. The van der Waals surface area contributed by atoms with Gasteiger partial charge in [0.25, 0.3) is 0 Å². The van der Waals surface area contributed by atoms with Crippen LogP contribution in [0.3, 0.4) is 0 Å². The monoisotopic (exact) mass is 464 g/mol. The molecule has 0 fully saturated rings. The van der Waals surface area contributed by atoms with Crippen molar-refractivity contribution in [3.63, 3.8) is 0 Å². The molecule has 0 unspecified atom stereocenters. The molecule has 0 aliphatic rings. The van der Waals surface area contributed by atoms with E-state index in [0.717, 1.165) is 21.8 Å². The first-order chi connectivity index (χ1) is 15.8. The molecule has 0 atom stereocenters. The Kier molecular flexibility index (Phi) is 6.29. The van der Waals surface area contributed by atoms with E-state index in [-0.39, 0.29) is 23.7 Å². The van der Waals surface area contributed by atoms with Crippen LogP contribution in [0.1, 0.15) is 26.5 Å². The summed E-state index contributed by atoms with van der Waals surface area (Å²) in [5.41, 5.74) is 3.56. The van der Waals surface area contributed by atoms with E-state index in [2.05, 4.69) is 31.2 Å². The molecule has 8 heteroatoms. The summed E-state index contributed by atoms with van der Waals surface area (Å²) in [6.07, 6.45) is 1.91. The minimum atomic E-state index is -0.292. The summed E-state index contributed by atoms with van der Waals surface area (Å²) < 4.78 is 20.7. The zero-order valence-corrected chi connectivity index (χ0v) is 19.7. The van der Waals surface area contributed by atoms with Crippen molar-refractivity contribution in [3.8, 4) is 27.6 Å². The number of nitrogens with one attached hydrogen (secondary N) is 1. The van der Waals surface area contributed by atoms with Gasteiger partial charge in [0.05, 0.1) is 47.9 Å². The molecule has 0 bridgehead atoms. The third kappa shape index (κ3) is 4.96. The Balaban J connectivity index is 1.61. The van der Waals surface area contributed by atoms with Crippen LogP contribution in [0.15, 0.2) is 60.1 Å². The van der Waals surface area contributed by atoms with E-state index in [1.807, 2.05) is 22.2 Å². The van der Waals surface area contributed by atoms with Gasteiger partial charge >= 0.3 is 0 Å². The van der Waals surface area contributed by atoms with Gasteiger partial charge in [-0.25, -0.2) is 9.37 Å². The SMILES string of the molecule is COc1ccccc1NC(=O)Cc1csc(-c2cnn(C(C)(C)C)c2-c2ccc(F)cc2)n1. The molecule has 0 saturated carbocycles. The summed E-state index contributed by atoms with van der Waals surface area (Å²) in [5.74, 6) is 0.128. The second-order valence-electron chi connectivity index (χ2n) is 8.57. The van der Waals surface area contributed by atoms with Crippen molar-refractivity contribution >= 4 is 22.9 Å². The highest BCUT2D eigenvalue weighted by Gasteiger charge is 2.24. The first kappa shape index (κ1) is 22.7. The van der Waals surface area contributed by atoms with Gasteiger partial charge in [-0.2, -0.15) is 5.10 Å². The van der Waals surface area contributed by atoms with Crippen LogP contribution in [-0.2, 0) is 16.8 Å². The highest BCUT2D eigenvalue weighted by Crippen LogP contribution is 2.37. The van der Waals surface area contributed by atoms with E-state index in [0.29, 0.717) is 17.1 Å². The predicted octanol–water partition coefficient (Wildman–Crippen LogP) is 5.76. The van der Waals surface area contributed by atoms with Crippen LogP contribution in [0.5, 0.6) is 5.75 Å². The molecule has 0 spiro atoms. The number of amides is 1. The van der Waals surface area contributed by atoms with Crippen molar-refractivity contribution < 1.29 is 13.9 Å². The second kappa shape index (κ2) is 9.15. The summed E-state index contributed by atoms with van der Waals surface area (Å²) in [5, 5.41) is 10.1. The third-order valence-electron chi connectivity index (χ3n) is 5.03. The van der Waals surface area contributed by atoms with E-state index < -0.39 is 0 Å². The van der Waals surface area contributed by atoms with E-state index in [1.165, 1.54) is 23.5 Å². The minimum Gasteiger partial charge on any atom is -0.495 e. The fourth-order valence-corrected chi connectivity index (χ4v) is 4.35. The molecule has 170 valence electrons. The van der Waals surface area contributed by atoms with E-state index >= 15 is 0 Å². The molecule has 0 aliphatic heterocycles. The lowest BCUT2D eigenvalue weighted by atomic mass is 10.0. The molecule has 1 amide bonds. The molecular formula is C25H25FN4O2S. The molecule has 6 nitrogen and oxygen atoms in total. The quantitative estimate of drug-likeness (QED) is 0.394. The lowest BCUT2D eigenvalue weighted by Crippen LogP contribution is -2.24. The number of rotatable bonds is 6. The smallest absolute Gasteiger partial charge is 0.230 e. The first-order valence-corrected chi connectivity index (χ1v) is 11.4. The Bertz CT molecular complexity index is 1270. The third-order valence-corrected chi connectivity index (χ3v) is 5.95. The number of carbonyl (C=O) groups is 1. The number of nitrogens with zero attached hydrogens (tertiary/aromatic N) is 3. The first-order valence-electron chi connectivity index (χ1n) is 10.5. The minimum absolute atomic E-state index is 0.133. The number of benzene rings is 2. The number of hydrogen-bond donors (Lipinski definition) is 1. The largest absolute Gasteiger partial charge is 0.495 e. The van der Waals surface area contributed by atoms with Crippen molar-refractivity contribution in [2.45, 2.75) is 32.7 Å². The fraction of sp³-hybridized carbons (Fsp3) is 0.240. The van der Waals surface area contributed by atoms with Crippen molar-refractivity contribution in [1.29, 1.82) is 0 Å². The summed E-state index contributed by atoms with van der Waals surface area (Å²) in [7, 11) is 1.56. The Morgan fingerprint density at radius 1 is 1.15 bits per heavy atom. The molecule has 2 aromatic carbocycles. The maximum atomic E-state index is 13.5. The zero-order valence-electron chi connectivity index (χ0n) is 18.9. The number of anilines is 1. The van der Waals surface area contributed by atoms with Crippen LogP contribution < -0.4 is 10.1 Å². The number of methoxy groups -OCH3 is 1. The average molecular weight is 465 g/mol. The Morgan fingerprint density at radius 2 is 1.88 bits per heavy atom. The van der Waals surface area contributed by atoms with Gasteiger partial charge in [0.2, 0.25) is 5.91 Å². The molecule has 2 heterocycles. The highest BCUT2D eigenvalue weighted by molar-refractivity contribution is 7.13. The number of halogens is 1. The van der Waals surface area contributed by atoms with E-state index in [9.17, 15) is 9.18 Å². The molecular weight excluding hydrogens is 439 g/mol. The fourth-order valence-electron chi connectivity index (χ4n) is 3.52. The van der Waals surface area contributed by atoms with Crippen LogP contribution in [0, 0.1) is 5.82 Å². The van der Waals surface area contributed by atoms with Gasteiger partial charge in [-0.05, 0) is 57.2 Å². The second-order valence-corrected chi connectivity index (χ2v) is 9.42. The van der Waals surface area contributed by atoms with Gasteiger partial charge in [0, 0.05) is 10.9 Å². The van der Waals surface area contributed by atoms with E-state index in [1.54, 1.807) is 37.6 Å². The number of thiazole rings is 1. The Morgan fingerprint density at radius 3 is 2.58 bits per heavy atom. The lowest BCUT2D eigenvalue weighted by molar-refractivity contribution is -0.115. The van der Waals surface area contributed by atoms with Crippen LogP contribution in [0.2, 0.25) is 0 Å². The van der Waals surface area contributed by atoms with E-state index in [4.69, 9.17) is 9.72 Å². The summed E-state index contributed by atoms with van der Waals surface area (Å²) in [4.78, 5) is 17.3. The number of hydrogen-bond acceptors (Lipinski definition) is 5. The van der Waals surface area contributed by atoms with Gasteiger partial charge < -0.3 is 10.1 Å². The van der Waals surface area contributed by atoms with Gasteiger partial charge in [0.1, 0.15) is 16.6 Å². The van der Waals surface area contributed by atoms with Crippen molar-refractivity contribution in [2.24, 2.45) is 0 Å². The highest BCUT2D eigenvalue weighted by atomic mass is 32.1. The molecule has 4 rings (SSSR count). The number of ether oxygens (including phenoxy) is 1. The topological polar surface area (TPSA) is 69.0 Å². The van der Waals surface area contributed by atoms with Gasteiger partial charge in [0.15, 0.2) is 0 Å². The van der Waals surface area contributed by atoms with Crippen LogP contribution in [-0.4, -0.2) is 27.8 Å². The number of carbonyl (C=O) groups excluding carboxylic acids is 1. The summed E-state index contributed by atoms with van der Waals surface area (Å²) in [6, 6.07) is 13.6. The van der Waals surface area contributed by atoms with Crippen molar-refractivity contribution in [1.82, 2.24) is 14.8 Å².